The number of furan rings is 1. The molecular formula is C22H17NO5. The molecule has 6 heteroatoms. The smallest absolute Gasteiger partial charge is 0.262 e. The number of amides is 1. The molecule has 3 aromatic carbocycles. The third-order valence-corrected chi connectivity index (χ3v) is 4.54. The molecule has 1 aromatic heterocycles. The first kappa shape index (κ1) is 16.5. The molecule has 4 aromatic rings. The van der Waals surface area contributed by atoms with Crippen LogP contribution in [-0.2, 0) is 4.79 Å². The van der Waals surface area contributed by atoms with Gasteiger partial charge in [-0.15, -0.1) is 0 Å². The number of hydrogen-bond donors (Lipinski definition) is 1. The van der Waals surface area contributed by atoms with Crippen LogP contribution in [-0.4, -0.2) is 25.7 Å². The Labute approximate surface area is 160 Å². The number of carbonyl (C=O) groups is 1. The van der Waals surface area contributed by atoms with Gasteiger partial charge in [0.25, 0.3) is 5.91 Å². The molecule has 5 rings (SSSR count). The number of carbonyl (C=O) groups excluding carboxylic acids is 1. The molecule has 1 N–H and O–H groups in total. The van der Waals surface area contributed by atoms with Gasteiger partial charge >= 0.3 is 0 Å². The lowest BCUT2D eigenvalue weighted by atomic mass is 10.1. The third kappa shape index (κ3) is 3.09. The minimum absolute atomic E-state index is 0.101. The van der Waals surface area contributed by atoms with E-state index >= 15 is 0 Å². The fourth-order valence-electron chi connectivity index (χ4n) is 3.26. The highest BCUT2D eigenvalue weighted by atomic mass is 16.6. The van der Waals surface area contributed by atoms with E-state index in [1.54, 1.807) is 24.3 Å². The molecular weight excluding hydrogens is 358 g/mol. The quantitative estimate of drug-likeness (QED) is 0.573. The molecule has 1 amide bonds. The molecule has 0 bridgehead atoms. The fraction of sp³-hybridized carbons (Fsp3) is 0.136. The van der Waals surface area contributed by atoms with E-state index in [4.69, 9.17) is 18.6 Å². The van der Waals surface area contributed by atoms with E-state index in [0.29, 0.717) is 36.1 Å². The molecule has 0 saturated heterocycles. The Morgan fingerprint density at radius 3 is 2.64 bits per heavy atom. The molecule has 0 radical (unpaired) electrons. The number of benzene rings is 3. The van der Waals surface area contributed by atoms with Gasteiger partial charge in [0, 0.05) is 22.5 Å². The van der Waals surface area contributed by atoms with E-state index in [1.165, 1.54) is 0 Å². The van der Waals surface area contributed by atoms with E-state index in [0.717, 1.165) is 21.9 Å². The second-order valence-electron chi connectivity index (χ2n) is 6.45. The van der Waals surface area contributed by atoms with E-state index < -0.39 is 0 Å². The maximum absolute atomic E-state index is 12.3. The Morgan fingerprint density at radius 1 is 0.893 bits per heavy atom. The molecule has 0 atom stereocenters. The maximum Gasteiger partial charge on any atom is 0.262 e. The van der Waals surface area contributed by atoms with Crippen LogP contribution in [0.4, 0.5) is 5.69 Å². The number of hydrogen-bond acceptors (Lipinski definition) is 5. The van der Waals surface area contributed by atoms with Crippen LogP contribution >= 0.6 is 0 Å². The number of para-hydroxylation sites is 1. The van der Waals surface area contributed by atoms with Crippen LogP contribution in [0.2, 0.25) is 0 Å². The highest BCUT2D eigenvalue weighted by Crippen LogP contribution is 2.33. The monoisotopic (exact) mass is 375 g/mol. The molecule has 0 spiro atoms. The largest absolute Gasteiger partial charge is 0.486 e. The zero-order valence-corrected chi connectivity index (χ0v) is 14.9. The van der Waals surface area contributed by atoms with Gasteiger partial charge in [0.1, 0.15) is 30.1 Å². The fourth-order valence-corrected chi connectivity index (χ4v) is 3.26. The highest BCUT2D eigenvalue weighted by molar-refractivity contribution is 6.05. The van der Waals surface area contributed by atoms with Crippen molar-refractivity contribution >= 4 is 33.5 Å². The van der Waals surface area contributed by atoms with Crippen molar-refractivity contribution in [3.63, 3.8) is 0 Å². The molecule has 0 saturated carbocycles. The van der Waals surface area contributed by atoms with Crippen LogP contribution in [0.5, 0.6) is 17.2 Å². The first-order chi connectivity index (χ1) is 13.8. The Kier molecular flexibility index (Phi) is 4.01. The summed E-state index contributed by atoms with van der Waals surface area (Å²) in [4.78, 5) is 12.3. The summed E-state index contributed by atoms with van der Waals surface area (Å²) in [5, 5.41) is 4.78. The highest BCUT2D eigenvalue weighted by Gasteiger charge is 2.13. The Bertz CT molecular complexity index is 1180. The predicted molar refractivity (Wildman–Crippen MR) is 105 cm³/mol. The minimum atomic E-state index is -0.256. The van der Waals surface area contributed by atoms with Crippen molar-refractivity contribution in [3.05, 3.63) is 60.7 Å². The lowest BCUT2D eigenvalue weighted by Gasteiger charge is -2.19. The molecule has 0 aliphatic carbocycles. The predicted octanol–water partition coefficient (Wildman–Crippen LogP) is 4.37. The number of fused-ring (bicyclic) bond motifs is 4. The van der Waals surface area contributed by atoms with Crippen molar-refractivity contribution in [2.24, 2.45) is 0 Å². The Balaban J connectivity index is 1.28. The van der Waals surface area contributed by atoms with Crippen LogP contribution in [0, 0.1) is 0 Å². The van der Waals surface area contributed by atoms with Crippen LogP contribution < -0.4 is 19.5 Å². The zero-order chi connectivity index (χ0) is 18.9. The Morgan fingerprint density at radius 2 is 1.71 bits per heavy atom. The molecule has 6 nitrogen and oxygen atoms in total. The molecule has 1 aliphatic rings. The molecule has 1 aliphatic heterocycles. The normalized spacial score (nSPS) is 12.9. The van der Waals surface area contributed by atoms with Crippen molar-refractivity contribution in [3.8, 4) is 17.2 Å². The summed E-state index contributed by atoms with van der Waals surface area (Å²) in [7, 11) is 0. The van der Waals surface area contributed by atoms with Gasteiger partial charge in [0.05, 0.1) is 0 Å². The number of ether oxygens (including phenoxy) is 3. The lowest BCUT2D eigenvalue weighted by molar-refractivity contribution is -0.118. The van der Waals surface area contributed by atoms with Crippen molar-refractivity contribution in [1.29, 1.82) is 0 Å². The summed E-state index contributed by atoms with van der Waals surface area (Å²) in [6.45, 7) is 0.928. The van der Waals surface area contributed by atoms with Gasteiger partial charge in [0.15, 0.2) is 18.1 Å². The lowest BCUT2D eigenvalue weighted by Crippen LogP contribution is -2.20. The van der Waals surface area contributed by atoms with Gasteiger partial charge in [-0.2, -0.15) is 0 Å². The summed E-state index contributed by atoms with van der Waals surface area (Å²) in [6.07, 6.45) is 0. The molecule has 0 fully saturated rings. The van der Waals surface area contributed by atoms with Crippen molar-refractivity contribution < 1.29 is 23.4 Å². The summed E-state index contributed by atoms with van der Waals surface area (Å²) >= 11 is 0. The van der Waals surface area contributed by atoms with Gasteiger partial charge in [-0.3, -0.25) is 4.79 Å². The molecule has 140 valence electrons. The van der Waals surface area contributed by atoms with Crippen molar-refractivity contribution in [2.75, 3.05) is 25.1 Å². The number of anilines is 1. The van der Waals surface area contributed by atoms with Crippen LogP contribution in [0.3, 0.4) is 0 Å². The average Bonchev–Trinajstić information content (AvgIpc) is 3.10. The van der Waals surface area contributed by atoms with Crippen LogP contribution in [0.15, 0.2) is 65.1 Å². The molecule has 2 heterocycles. The topological polar surface area (TPSA) is 69.9 Å². The zero-order valence-electron chi connectivity index (χ0n) is 14.9. The third-order valence-electron chi connectivity index (χ3n) is 4.54. The van der Waals surface area contributed by atoms with E-state index in [-0.39, 0.29) is 12.5 Å². The number of rotatable bonds is 4. The van der Waals surface area contributed by atoms with Gasteiger partial charge < -0.3 is 23.9 Å². The minimum Gasteiger partial charge on any atom is -0.486 e. The average molecular weight is 375 g/mol. The van der Waals surface area contributed by atoms with Crippen LogP contribution in [0.1, 0.15) is 0 Å². The van der Waals surface area contributed by atoms with Crippen molar-refractivity contribution in [1.82, 2.24) is 0 Å². The van der Waals surface area contributed by atoms with Gasteiger partial charge in [0.2, 0.25) is 0 Å². The van der Waals surface area contributed by atoms with E-state index in [2.05, 4.69) is 5.32 Å². The summed E-state index contributed by atoms with van der Waals surface area (Å²) < 4.78 is 22.5. The second-order valence-corrected chi connectivity index (χ2v) is 6.45. The standard InChI is InChI=1S/C22H17NO5/c24-22(23-14-5-7-20-21(11-14)26-10-9-25-20)13-27-15-6-8-19-17(12-15)16-3-1-2-4-18(16)28-19/h1-8,11-12H,9-10,13H2,(H,23,24). The van der Waals surface area contributed by atoms with Gasteiger partial charge in [-0.25, -0.2) is 0 Å². The summed E-state index contributed by atoms with van der Waals surface area (Å²) in [6, 6.07) is 18.7. The van der Waals surface area contributed by atoms with Crippen molar-refractivity contribution in [2.45, 2.75) is 0 Å². The molecule has 0 unspecified atom stereocenters. The maximum atomic E-state index is 12.3. The number of nitrogens with one attached hydrogen (secondary N) is 1. The first-order valence-corrected chi connectivity index (χ1v) is 9.00. The Hall–Kier alpha value is -3.67. The van der Waals surface area contributed by atoms with E-state index in [9.17, 15) is 4.79 Å². The van der Waals surface area contributed by atoms with E-state index in [1.807, 2.05) is 36.4 Å². The van der Waals surface area contributed by atoms with Crippen LogP contribution in [0.25, 0.3) is 21.9 Å². The molecule has 28 heavy (non-hydrogen) atoms. The second kappa shape index (κ2) is 6.81. The SMILES string of the molecule is O=C(COc1ccc2oc3ccccc3c2c1)Nc1ccc2c(c1)OCCO2. The van der Waals surface area contributed by atoms with Gasteiger partial charge in [-0.05, 0) is 36.4 Å². The summed E-state index contributed by atoms with van der Waals surface area (Å²) in [5.41, 5.74) is 2.24. The summed E-state index contributed by atoms with van der Waals surface area (Å²) in [5.74, 6) is 1.66. The first-order valence-electron chi connectivity index (χ1n) is 9.00. The van der Waals surface area contributed by atoms with Gasteiger partial charge in [-0.1, -0.05) is 18.2 Å².